The molecule has 7 heteroatoms. The number of fused-ring (bicyclic) bond motifs is 2. The number of para-hydroxylation sites is 1. The molecule has 1 aliphatic rings. The van der Waals surface area contributed by atoms with E-state index in [1.54, 1.807) is 44.3 Å². The number of nitriles is 1. The van der Waals surface area contributed by atoms with Gasteiger partial charge < -0.3 is 4.74 Å². The molecule has 154 valence electrons. The quantitative estimate of drug-likeness (QED) is 0.383. The zero-order chi connectivity index (χ0) is 22.2. The average molecular weight is 415 g/mol. The molecule has 0 saturated carbocycles. The molecule has 4 rings (SSSR count). The van der Waals surface area contributed by atoms with Crippen molar-refractivity contribution in [3.63, 3.8) is 0 Å². The van der Waals surface area contributed by atoms with Gasteiger partial charge in [-0.1, -0.05) is 44.2 Å². The fraction of sp³-hybridized carbons (Fsp3) is 0.167. The minimum absolute atomic E-state index is 0.0304. The van der Waals surface area contributed by atoms with Crippen LogP contribution in [0, 0.1) is 22.7 Å². The van der Waals surface area contributed by atoms with Crippen LogP contribution in [0.5, 0.6) is 11.6 Å². The SMILES string of the molecule is CC(C)(C(=O)NC#N)C1c2ccccc2Oc2nc(-c3ccc(C=O)c(F)c3)ccc21. The van der Waals surface area contributed by atoms with Gasteiger partial charge in [0.1, 0.15) is 11.6 Å². The molecule has 2 heterocycles. The van der Waals surface area contributed by atoms with E-state index in [4.69, 9.17) is 10.00 Å². The minimum atomic E-state index is -0.981. The molecule has 1 unspecified atom stereocenters. The third kappa shape index (κ3) is 3.42. The van der Waals surface area contributed by atoms with Gasteiger partial charge in [0.15, 0.2) is 12.5 Å². The van der Waals surface area contributed by atoms with Gasteiger partial charge >= 0.3 is 0 Å². The summed E-state index contributed by atoms with van der Waals surface area (Å²) in [6.45, 7) is 3.52. The molecule has 0 spiro atoms. The zero-order valence-electron chi connectivity index (χ0n) is 16.8. The molecular formula is C24H18FN3O3. The number of halogens is 1. The fourth-order valence-electron chi connectivity index (χ4n) is 3.90. The van der Waals surface area contributed by atoms with E-state index in [1.807, 2.05) is 18.2 Å². The second-order valence-corrected chi connectivity index (χ2v) is 7.81. The van der Waals surface area contributed by atoms with Gasteiger partial charge in [0.05, 0.1) is 16.7 Å². The topological polar surface area (TPSA) is 92.1 Å². The lowest BCUT2D eigenvalue weighted by Crippen LogP contribution is -2.40. The van der Waals surface area contributed by atoms with Crippen molar-refractivity contribution in [2.45, 2.75) is 19.8 Å². The number of rotatable bonds is 4. The molecule has 0 aliphatic carbocycles. The van der Waals surface area contributed by atoms with E-state index in [-0.39, 0.29) is 5.56 Å². The van der Waals surface area contributed by atoms with Crippen molar-refractivity contribution in [3.8, 4) is 29.1 Å². The monoisotopic (exact) mass is 415 g/mol. The Bertz CT molecular complexity index is 1250. The van der Waals surface area contributed by atoms with Gasteiger partial charge in [-0.15, -0.1) is 0 Å². The first-order chi connectivity index (χ1) is 14.9. The third-order valence-electron chi connectivity index (χ3n) is 5.54. The molecule has 1 atom stereocenters. The van der Waals surface area contributed by atoms with Gasteiger partial charge in [-0.05, 0) is 24.3 Å². The number of ether oxygens (including phenoxy) is 1. The van der Waals surface area contributed by atoms with Crippen LogP contribution in [0.3, 0.4) is 0 Å². The van der Waals surface area contributed by atoms with Gasteiger partial charge in [0.2, 0.25) is 11.8 Å². The first kappa shape index (κ1) is 20.2. The van der Waals surface area contributed by atoms with Crippen LogP contribution in [0.4, 0.5) is 4.39 Å². The molecule has 0 saturated heterocycles. The van der Waals surface area contributed by atoms with Crippen molar-refractivity contribution in [2.75, 3.05) is 0 Å². The predicted molar refractivity (Wildman–Crippen MR) is 111 cm³/mol. The van der Waals surface area contributed by atoms with Crippen molar-refractivity contribution >= 4 is 12.2 Å². The molecule has 1 amide bonds. The maximum atomic E-state index is 14.1. The molecule has 0 radical (unpaired) electrons. The maximum absolute atomic E-state index is 14.1. The van der Waals surface area contributed by atoms with Crippen LogP contribution in [-0.2, 0) is 4.79 Å². The third-order valence-corrected chi connectivity index (χ3v) is 5.54. The largest absolute Gasteiger partial charge is 0.438 e. The average Bonchev–Trinajstić information content (AvgIpc) is 2.77. The Kier molecular flexibility index (Phi) is 4.99. The minimum Gasteiger partial charge on any atom is -0.438 e. The molecule has 6 nitrogen and oxygen atoms in total. The highest BCUT2D eigenvalue weighted by Crippen LogP contribution is 2.51. The Morgan fingerprint density at radius 3 is 2.68 bits per heavy atom. The van der Waals surface area contributed by atoms with Crippen LogP contribution in [-0.4, -0.2) is 17.2 Å². The summed E-state index contributed by atoms with van der Waals surface area (Å²) in [4.78, 5) is 28.2. The summed E-state index contributed by atoms with van der Waals surface area (Å²) in [7, 11) is 0. The number of carbonyl (C=O) groups is 2. The maximum Gasteiger partial charge on any atom is 0.239 e. The van der Waals surface area contributed by atoms with Crippen molar-refractivity contribution < 1.29 is 18.7 Å². The molecule has 31 heavy (non-hydrogen) atoms. The van der Waals surface area contributed by atoms with Crippen LogP contribution >= 0.6 is 0 Å². The summed E-state index contributed by atoms with van der Waals surface area (Å²) >= 11 is 0. The zero-order valence-corrected chi connectivity index (χ0v) is 16.8. The van der Waals surface area contributed by atoms with Crippen molar-refractivity contribution in [1.29, 1.82) is 5.26 Å². The fourth-order valence-corrected chi connectivity index (χ4v) is 3.90. The summed E-state index contributed by atoms with van der Waals surface area (Å²) in [5, 5.41) is 11.2. The van der Waals surface area contributed by atoms with E-state index < -0.39 is 23.1 Å². The first-order valence-electron chi connectivity index (χ1n) is 9.59. The van der Waals surface area contributed by atoms with Gasteiger partial charge in [0, 0.05) is 22.6 Å². The number of hydrogen-bond acceptors (Lipinski definition) is 5. The summed E-state index contributed by atoms with van der Waals surface area (Å²) in [5.41, 5.74) is 1.44. The number of nitrogens with one attached hydrogen (secondary N) is 1. The van der Waals surface area contributed by atoms with Crippen molar-refractivity contribution in [1.82, 2.24) is 10.3 Å². The van der Waals surface area contributed by atoms with Gasteiger partial charge in [0.25, 0.3) is 0 Å². The lowest BCUT2D eigenvalue weighted by molar-refractivity contribution is -0.128. The predicted octanol–water partition coefficient (Wildman–Crippen LogP) is 4.56. The molecule has 3 aromatic rings. The Labute approximate surface area is 178 Å². The molecule has 0 fully saturated rings. The number of amides is 1. The van der Waals surface area contributed by atoms with Crippen LogP contribution in [0.25, 0.3) is 11.3 Å². The van der Waals surface area contributed by atoms with Crippen LogP contribution in [0.15, 0.2) is 54.6 Å². The number of aldehydes is 1. The van der Waals surface area contributed by atoms with Crippen molar-refractivity contribution in [2.24, 2.45) is 5.41 Å². The van der Waals surface area contributed by atoms with Crippen molar-refractivity contribution in [3.05, 3.63) is 77.1 Å². The number of hydrogen-bond donors (Lipinski definition) is 1. The lowest BCUT2D eigenvalue weighted by atomic mass is 9.69. The number of carbonyl (C=O) groups excluding carboxylic acids is 2. The molecule has 1 aliphatic heterocycles. The molecule has 0 bridgehead atoms. The van der Waals surface area contributed by atoms with Gasteiger partial charge in [-0.3, -0.25) is 14.9 Å². The van der Waals surface area contributed by atoms with Crippen LogP contribution in [0.1, 0.15) is 41.3 Å². The van der Waals surface area contributed by atoms with Crippen LogP contribution in [0.2, 0.25) is 0 Å². The second-order valence-electron chi connectivity index (χ2n) is 7.81. The summed E-state index contributed by atoms with van der Waals surface area (Å²) in [6.07, 6.45) is 2.16. The highest BCUT2D eigenvalue weighted by molar-refractivity contribution is 5.85. The standard InChI is InChI=1S/C24H18FN3O3/c1-24(2,23(30)27-13-26)21-16-5-3-4-6-20(16)31-22-17(21)9-10-19(28-22)14-7-8-15(12-29)18(25)11-14/h3-12,21H,1-2H3,(H,27,30). The highest BCUT2D eigenvalue weighted by Gasteiger charge is 2.44. The summed E-state index contributed by atoms with van der Waals surface area (Å²) in [6, 6.07) is 15.1. The highest BCUT2D eigenvalue weighted by atomic mass is 19.1. The molecule has 1 aromatic heterocycles. The van der Waals surface area contributed by atoms with E-state index in [2.05, 4.69) is 10.3 Å². The molecule has 2 aromatic carbocycles. The Hall–Kier alpha value is -4.05. The van der Waals surface area contributed by atoms with E-state index >= 15 is 0 Å². The number of pyridine rings is 1. The van der Waals surface area contributed by atoms with E-state index in [1.165, 1.54) is 12.1 Å². The molecular weight excluding hydrogens is 397 g/mol. The summed E-state index contributed by atoms with van der Waals surface area (Å²) < 4.78 is 20.1. The Morgan fingerprint density at radius 2 is 1.97 bits per heavy atom. The van der Waals surface area contributed by atoms with Gasteiger partial charge in [-0.25, -0.2) is 9.37 Å². The van der Waals surface area contributed by atoms with E-state index in [0.29, 0.717) is 34.7 Å². The summed E-state index contributed by atoms with van der Waals surface area (Å²) in [5.74, 6) is -0.607. The molecule has 1 N–H and O–H groups in total. The first-order valence-corrected chi connectivity index (χ1v) is 9.59. The number of benzene rings is 2. The second kappa shape index (κ2) is 7.65. The lowest BCUT2D eigenvalue weighted by Gasteiger charge is -2.37. The van der Waals surface area contributed by atoms with E-state index in [0.717, 1.165) is 5.56 Å². The smallest absolute Gasteiger partial charge is 0.239 e. The Balaban J connectivity index is 1.84. The van der Waals surface area contributed by atoms with E-state index in [9.17, 15) is 14.0 Å². The number of nitrogens with zero attached hydrogens (tertiary/aromatic N) is 2. The van der Waals surface area contributed by atoms with Gasteiger partial charge in [-0.2, -0.15) is 5.26 Å². The normalized spacial score (nSPS) is 14.5. The Morgan fingerprint density at radius 1 is 1.19 bits per heavy atom. The van der Waals surface area contributed by atoms with Crippen LogP contribution < -0.4 is 10.1 Å². The number of aromatic nitrogens is 1.